The lowest BCUT2D eigenvalue weighted by atomic mass is 9.98. The number of hydrogen-bond acceptors (Lipinski definition) is 2. The van der Waals surface area contributed by atoms with Crippen LogP contribution in [0.15, 0.2) is 29.2 Å². The van der Waals surface area contributed by atoms with Gasteiger partial charge in [0.25, 0.3) is 0 Å². The van der Waals surface area contributed by atoms with Crippen molar-refractivity contribution in [1.29, 1.82) is 0 Å². The first-order chi connectivity index (χ1) is 8.24. The molecular formula is C13H20ClNO2S. The van der Waals surface area contributed by atoms with Gasteiger partial charge < -0.3 is 0 Å². The Bertz CT molecular complexity index is 475. The maximum absolute atomic E-state index is 12.0. The van der Waals surface area contributed by atoms with Crippen LogP contribution in [0.2, 0.25) is 0 Å². The van der Waals surface area contributed by atoms with Crippen LogP contribution in [-0.4, -0.2) is 20.8 Å². The molecule has 1 N–H and O–H groups in total. The number of rotatable bonds is 5. The molecule has 0 amide bonds. The average Bonchev–Trinajstić information content (AvgIpc) is 2.27. The molecule has 0 saturated carbocycles. The minimum atomic E-state index is -3.41. The van der Waals surface area contributed by atoms with Crippen LogP contribution in [0.25, 0.3) is 0 Å². The Kier molecular flexibility index (Phi) is 5.20. The predicted molar refractivity (Wildman–Crippen MR) is 75.5 cm³/mol. The SMILES string of the molecule is CC(C)(C)CNS(=O)(=O)c1ccc(CCCl)cc1. The van der Waals surface area contributed by atoms with E-state index in [2.05, 4.69) is 4.72 Å². The third-order valence-corrected chi connectivity index (χ3v) is 4.02. The molecule has 0 saturated heterocycles. The van der Waals surface area contributed by atoms with Crippen LogP contribution in [0, 0.1) is 5.41 Å². The molecule has 0 heterocycles. The molecule has 102 valence electrons. The summed E-state index contributed by atoms with van der Waals surface area (Å²) in [5.41, 5.74) is 0.964. The van der Waals surface area contributed by atoms with Gasteiger partial charge in [-0.2, -0.15) is 0 Å². The molecule has 0 aliphatic heterocycles. The van der Waals surface area contributed by atoms with Crippen LogP contribution in [0.3, 0.4) is 0 Å². The number of benzene rings is 1. The molecule has 0 aliphatic carbocycles. The number of alkyl halides is 1. The van der Waals surface area contributed by atoms with Crippen molar-refractivity contribution in [2.24, 2.45) is 5.41 Å². The van der Waals surface area contributed by atoms with Gasteiger partial charge >= 0.3 is 0 Å². The molecule has 1 aromatic rings. The molecule has 0 spiro atoms. The lowest BCUT2D eigenvalue weighted by Crippen LogP contribution is -2.32. The Balaban J connectivity index is 2.79. The summed E-state index contributed by atoms with van der Waals surface area (Å²) < 4.78 is 26.6. The summed E-state index contributed by atoms with van der Waals surface area (Å²) in [4.78, 5) is 0.296. The van der Waals surface area contributed by atoms with E-state index < -0.39 is 10.0 Å². The van der Waals surface area contributed by atoms with E-state index in [9.17, 15) is 8.42 Å². The van der Waals surface area contributed by atoms with Gasteiger partial charge in [-0.05, 0) is 29.5 Å². The lowest BCUT2D eigenvalue weighted by Gasteiger charge is -2.18. The molecule has 3 nitrogen and oxygen atoms in total. The molecular weight excluding hydrogens is 270 g/mol. The topological polar surface area (TPSA) is 46.2 Å². The second-order valence-corrected chi connectivity index (χ2v) is 7.61. The molecule has 0 aromatic heterocycles. The van der Waals surface area contributed by atoms with Crippen LogP contribution in [0.5, 0.6) is 0 Å². The van der Waals surface area contributed by atoms with Gasteiger partial charge in [0.15, 0.2) is 0 Å². The van der Waals surface area contributed by atoms with Gasteiger partial charge in [-0.25, -0.2) is 13.1 Å². The molecule has 0 unspecified atom stereocenters. The zero-order valence-electron chi connectivity index (χ0n) is 11.0. The van der Waals surface area contributed by atoms with E-state index in [0.717, 1.165) is 12.0 Å². The van der Waals surface area contributed by atoms with Gasteiger partial charge in [0, 0.05) is 12.4 Å². The fourth-order valence-electron chi connectivity index (χ4n) is 1.34. The fourth-order valence-corrected chi connectivity index (χ4v) is 2.84. The number of sulfonamides is 1. The highest BCUT2D eigenvalue weighted by Crippen LogP contribution is 2.15. The van der Waals surface area contributed by atoms with Crippen molar-refractivity contribution in [3.05, 3.63) is 29.8 Å². The summed E-state index contributed by atoms with van der Waals surface area (Å²) in [5.74, 6) is 0.536. The van der Waals surface area contributed by atoms with Gasteiger partial charge in [0.05, 0.1) is 4.90 Å². The van der Waals surface area contributed by atoms with Crippen molar-refractivity contribution >= 4 is 21.6 Å². The standard InChI is InChI=1S/C13H20ClNO2S/c1-13(2,3)10-15-18(16,17)12-6-4-11(5-7-12)8-9-14/h4-7,15H,8-10H2,1-3H3. The van der Waals surface area contributed by atoms with Crippen molar-refractivity contribution < 1.29 is 8.42 Å². The van der Waals surface area contributed by atoms with Gasteiger partial charge in [0.2, 0.25) is 10.0 Å². The number of nitrogens with one attached hydrogen (secondary N) is 1. The molecule has 1 rings (SSSR count). The van der Waals surface area contributed by atoms with Crippen molar-refractivity contribution in [3.63, 3.8) is 0 Å². The van der Waals surface area contributed by atoms with Gasteiger partial charge in [-0.15, -0.1) is 11.6 Å². The third kappa shape index (κ3) is 4.96. The summed E-state index contributed by atoms with van der Waals surface area (Å²) in [6, 6.07) is 6.84. The number of aryl methyl sites for hydroxylation is 1. The summed E-state index contributed by atoms with van der Waals surface area (Å²) >= 11 is 5.64. The van der Waals surface area contributed by atoms with Crippen molar-refractivity contribution in [1.82, 2.24) is 4.72 Å². The van der Waals surface area contributed by atoms with Gasteiger partial charge in [-0.1, -0.05) is 32.9 Å². The van der Waals surface area contributed by atoms with Crippen LogP contribution in [-0.2, 0) is 16.4 Å². The summed E-state index contributed by atoms with van der Waals surface area (Å²) in [7, 11) is -3.41. The molecule has 0 bridgehead atoms. The maximum Gasteiger partial charge on any atom is 0.240 e. The third-order valence-electron chi connectivity index (χ3n) is 2.41. The van der Waals surface area contributed by atoms with Gasteiger partial charge in [-0.3, -0.25) is 0 Å². The van der Waals surface area contributed by atoms with E-state index in [1.165, 1.54) is 0 Å². The second-order valence-electron chi connectivity index (χ2n) is 5.47. The van der Waals surface area contributed by atoms with Crippen molar-refractivity contribution in [3.8, 4) is 0 Å². The normalized spacial score (nSPS) is 12.7. The van der Waals surface area contributed by atoms with Crippen molar-refractivity contribution in [2.75, 3.05) is 12.4 Å². The Hall–Kier alpha value is -0.580. The van der Waals surface area contributed by atoms with E-state index >= 15 is 0 Å². The van der Waals surface area contributed by atoms with Crippen LogP contribution in [0.1, 0.15) is 26.3 Å². The minimum absolute atomic E-state index is 0.0777. The predicted octanol–water partition coefficient (Wildman–Crippen LogP) is 2.79. The van der Waals surface area contributed by atoms with Crippen LogP contribution < -0.4 is 4.72 Å². The van der Waals surface area contributed by atoms with E-state index in [1.807, 2.05) is 20.8 Å². The van der Waals surface area contributed by atoms with E-state index in [4.69, 9.17) is 11.6 Å². The molecule has 18 heavy (non-hydrogen) atoms. The zero-order chi connectivity index (χ0) is 13.8. The summed E-state index contributed by atoms with van der Waals surface area (Å²) in [6.45, 7) is 6.37. The first-order valence-electron chi connectivity index (χ1n) is 5.89. The van der Waals surface area contributed by atoms with E-state index in [-0.39, 0.29) is 5.41 Å². The Morgan fingerprint density at radius 3 is 2.17 bits per heavy atom. The van der Waals surface area contributed by atoms with Gasteiger partial charge in [0.1, 0.15) is 0 Å². The summed E-state index contributed by atoms with van der Waals surface area (Å²) in [5, 5.41) is 0. The smallest absolute Gasteiger partial charge is 0.211 e. The molecule has 0 atom stereocenters. The Morgan fingerprint density at radius 2 is 1.72 bits per heavy atom. The largest absolute Gasteiger partial charge is 0.240 e. The first kappa shape index (κ1) is 15.5. The lowest BCUT2D eigenvalue weighted by molar-refractivity contribution is 0.407. The highest BCUT2D eigenvalue weighted by atomic mass is 35.5. The highest BCUT2D eigenvalue weighted by Gasteiger charge is 2.18. The second kappa shape index (κ2) is 6.04. The van der Waals surface area contributed by atoms with Crippen LogP contribution in [0.4, 0.5) is 0 Å². The fraction of sp³-hybridized carbons (Fsp3) is 0.538. The molecule has 0 radical (unpaired) electrons. The quantitative estimate of drug-likeness (QED) is 0.847. The highest BCUT2D eigenvalue weighted by molar-refractivity contribution is 7.89. The number of hydrogen-bond donors (Lipinski definition) is 1. The Labute approximate surface area is 115 Å². The average molecular weight is 290 g/mol. The van der Waals surface area contributed by atoms with E-state index in [1.54, 1.807) is 24.3 Å². The van der Waals surface area contributed by atoms with Crippen LogP contribution >= 0.6 is 11.6 Å². The van der Waals surface area contributed by atoms with E-state index in [0.29, 0.717) is 17.3 Å². The monoisotopic (exact) mass is 289 g/mol. The first-order valence-corrected chi connectivity index (χ1v) is 7.91. The molecule has 0 fully saturated rings. The molecule has 0 aliphatic rings. The summed E-state index contributed by atoms with van der Waals surface area (Å²) in [6.07, 6.45) is 0.747. The maximum atomic E-state index is 12.0. The number of halogens is 1. The van der Waals surface area contributed by atoms with Crippen molar-refractivity contribution in [2.45, 2.75) is 32.1 Å². The zero-order valence-corrected chi connectivity index (χ0v) is 12.6. The Morgan fingerprint density at radius 1 is 1.17 bits per heavy atom. The molecule has 5 heteroatoms. The molecule has 1 aromatic carbocycles. The minimum Gasteiger partial charge on any atom is -0.211 e.